The van der Waals surface area contributed by atoms with Crippen molar-refractivity contribution in [3.05, 3.63) is 64.8 Å². The van der Waals surface area contributed by atoms with Gasteiger partial charge in [-0.3, -0.25) is 4.90 Å². The van der Waals surface area contributed by atoms with E-state index < -0.39 is 16.0 Å². The number of carboxylic acids is 1. The molecule has 1 atom stereocenters. The van der Waals surface area contributed by atoms with E-state index in [1.807, 2.05) is 25.3 Å². The Morgan fingerprint density at radius 3 is 2.56 bits per heavy atom. The summed E-state index contributed by atoms with van der Waals surface area (Å²) < 4.78 is 31.7. The number of piperazine rings is 1. The number of aryl methyl sites for hydroxylation is 1. The highest BCUT2D eigenvalue weighted by Gasteiger charge is 2.33. The summed E-state index contributed by atoms with van der Waals surface area (Å²) in [6.07, 6.45) is 3.13. The van der Waals surface area contributed by atoms with Crippen LogP contribution in [0.2, 0.25) is 0 Å². The van der Waals surface area contributed by atoms with Crippen molar-refractivity contribution in [3.63, 3.8) is 0 Å². The summed E-state index contributed by atoms with van der Waals surface area (Å²) in [7, 11) is -1.69. The maximum atomic E-state index is 12.3. The van der Waals surface area contributed by atoms with E-state index in [1.54, 1.807) is 31.4 Å². The number of carbonyl (C=O) groups is 1. The van der Waals surface area contributed by atoms with Gasteiger partial charge in [0.1, 0.15) is 5.75 Å². The highest BCUT2D eigenvalue weighted by Crippen LogP contribution is 2.35. The van der Waals surface area contributed by atoms with E-state index in [9.17, 15) is 18.3 Å². The lowest BCUT2D eigenvalue weighted by Gasteiger charge is -2.41. The van der Waals surface area contributed by atoms with Crippen molar-refractivity contribution in [1.82, 2.24) is 14.2 Å². The molecule has 0 spiro atoms. The van der Waals surface area contributed by atoms with Crippen LogP contribution in [0.5, 0.6) is 5.75 Å². The minimum Gasteiger partial charge on any atom is -0.496 e. The predicted octanol–water partition coefficient (Wildman–Crippen LogP) is 3.00. The fourth-order valence-corrected chi connectivity index (χ4v) is 5.26. The molecule has 8 nitrogen and oxygen atoms in total. The second-order valence-electron chi connectivity index (χ2n) is 8.18. The number of nitrogens with zero attached hydrogens (tertiary/aromatic N) is 2. The molecule has 1 saturated heterocycles. The van der Waals surface area contributed by atoms with Gasteiger partial charge in [-0.2, -0.15) is 4.31 Å². The van der Waals surface area contributed by atoms with Crippen molar-refractivity contribution in [2.45, 2.75) is 19.5 Å². The number of aromatic carboxylic acids is 1. The number of hydrogen-bond acceptors (Lipinski definition) is 5. The molecule has 2 aromatic carbocycles. The minimum absolute atomic E-state index is 0.199. The zero-order chi connectivity index (χ0) is 23.0. The summed E-state index contributed by atoms with van der Waals surface area (Å²) in [6.45, 7) is 3.84. The van der Waals surface area contributed by atoms with Gasteiger partial charge in [-0.05, 0) is 42.3 Å². The Morgan fingerprint density at radius 2 is 1.94 bits per heavy atom. The number of rotatable bonds is 6. The fraction of sp³-hybridized carbons (Fsp3) is 0.348. The zero-order valence-corrected chi connectivity index (χ0v) is 19.1. The van der Waals surface area contributed by atoms with Gasteiger partial charge in [0.25, 0.3) is 0 Å². The van der Waals surface area contributed by atoms with Crippen LogP contribution < -0.4 is 4.74 Å². The van der Waals surface area contributed by atoms with Crippen molar-refractivity contribution in [2.24, 2.45) is 0 Å². The van der Waals surface area contributed by atoms with Crippen LogP contribution in [0, 0.1) is 6.92 Å². The molecule has 3 aromatic rings. The number of benzene rings is 2. The lowest BCUT2D eigenvalue weighted by Crippen LogP contribution is -2.49. The Hall–Kier alpha value is -2.88. The lowest BCUT2D eigenvalue weighted by molar-refractivity contribution is 0.0696. The topological polar surface area (TPSA) is 103 Å². The van der Waals surface area contributed by atoms with Gasteiger partial charge >= 0.3 is 5.97 Å². The van der Waals surface area contributed by atoms with Crippen molar-refractivity contribution in [1.29, 1.82) is 0 Å². The first-order valence-electron chi connectivity index (χ1n) is 10.3. The van der Waals surface area contributed by atoms with Crippen molar-refractivity contribution in [2.75, 3.05) is 33.0 Å². The van der Waals surface area contributed by atoms with E-state index in [4.69, 9.17) is 4.74 Å². The first kappa shape index (κ1) is 22.3. The molecule has 0 radical (unpaired) electrons. The number of H-pyrrole nitrogens is 1. The van der Waals surface area contributed by atoms with Crippen LogP contribution >= 0.6 is 0 Å². The molecule has 170 valence electrons. The first-order chi connectivity index (χ1) is 15.2. The van der Waals surface area contributed by atoms with Gasteiger partial charge in [-0.25, -0.2) is 13.2 Å². The monoisotopic (exact) mass is 457 g/mol. The Balaban J connectivity index is 1.73. The van der Waals surface area contributed by atoms with Crippen LogP contribution in [0.25, 0.3) is 10.9 Å². The second kappa shape index (κ2) is 8.57. The minimum atomic E-state index is -3.35. The van der Waals surface area contributed by atoms with Gasteiger partial charge in [0.2, 0.25) is 10.0 Å². The number of nitrogens with one attached hydrogen (secondary N) is 1. The summed E-state index contributed by atoms with van der Waals surface area (Å²) in [5.74, 6) is -0.200. The van der Waals surface area contributed by atoms with Crippen LogP contribution in [0.15, 0.2) is 42.6 Å². The molecule has 1 aliphatic rings. The Kier molecular flexibility index (Phi) is 5.98. The molecular weight excluding hydrogens is 430 g/mol. The number of sulfonamides is 1. The molecule has 1 unspecified atom stereocenters. The fourth-order valence-electron chi connectivity index (χ4n) is 4.43. The van der Waals surface area contributed by atoms with Crippen LogP contribution in [-0.2, 0) is 16.6 Å². The van der Waals surface area contributed by atoms with E-state index in [0.717, 1.165) is 33.3 Å². The standard InChI is InChI=1S/C23H27N3O5S/c1-15-12-21(31-2)19(18-8-9-24-22(15)18)13-25-10-11-26(32(3,29)30)14-20(25)16-4-6-17(7-5-16)23(27)28/h4-9,12,20,24H,10-11,13-14H2,1-3H3,(H,27,28). The smallest absolute Gasteiger partial charge is 0.335 e. The Bertz CT molecular complexity index is 1250. The summed E-state index contributed by atoms with van der Waals surface area (Å²) in [5, 5.41) is 10.3. The quantitative estimate of drug-likeness (QED) is 0.590. The van der Waals surface area contributed by atoms with Gasteiger partial charge < -0.3 is 14.8 Å². The molecule has 1 fully saturated rings. The number of hydrogen-bond donors (Lipinski definition) is 2. The Morgan fingerprint density at radius 1 is 1.22 bits per heavy atom. The average Bonchev–Trinajstić information content (AvgIpc) is 3.25. The third-order valence-electron chi connectivity index (χ3n) is 6.16. The molecule has 1 aliphatic heterocycles. The largest absolute Gasteiger partial charge is 0.496 e. The van der Waals surface area contributed by atoms with Gasteiger partial charge in [0, 0.05) is 54.9 Å². The van der Waals surface area contributed by atoms with E-state index in [0.29, 0.717) is 26.2 Å². The summed E-state index contributed by atoms with van der Waals surface area (Å²) in [5.41, 5.74) is 4.26. The van der Waals surface area contributed by atoms with E-state index in [-0.39, 0.29) is 11.6 Å². The molecule has 32 heavy (non-hydrogen) atoms. The van der Waals surface area contributed by atoms with Gasteiger partial charge in [-0.15, -0.1) is 0 Å². The maximum absolute atomic E-state index is 12.3. The zero-order valence-electron chi connectivity index (χ0n) is 18.3. The van der Waals surface area contributed by atoms with Crippen LogP contribution in [0.1, 0.15) is 33.1 Å². The normalized spacial score (nSPS) is 18.2. The van der Waals surface area contributed by atoms with Gasteiger partial charge in [0.15, 0.2) is 0 Å². The van der Waals surface area contributed by atoms with Crippen molar-refractivity contribution in [3.8, 4) is 5.75 Å². The molecule has 1 aromatic heterocycles. The number of fused-ring (bicyclic) bond motifs is 1. The second-order valence-corrected chi connectivity index (χ2v) is 10.2. The average molecular weight is 458 g/mol. The van der Waals surface area contributed by atoms with Gasteiger partial charge in [0.05, 0.1) is 18.9 Å². The third kappa shape index (κ3) is 4.23. The lowest BCUT2D eigenvalue weighted by atomic mass is 9.99. The number of ether oxygens (including phenoxy) is 1. The molecule has 9 heteroatoms. The molecule has 0 aliphatic carbocycles. The van der Waals surface area contributed by atoms with Crippen molar-refractivity contribution < 1.29 is 23.1 Å². The molecule has 0 amide bonds. The first-order valence-corrected chi connectivity index (χ1v) is 12.2. The summed E-state index contributed by atoms with van der Waals surface area (Å²) in [6, 6.07) is 10.5. The number of aromatic nitrogens is 1. The summed E-state index contributed by atoms with van der Waals surface area (Å²) in [4.78, 5) is 16.8. The van der Waals surface area contributed by atoms with Gasteiger partial charge in [-0.1, -0.05) is 12.1 Å². The SMILES string of the molecule is COc1cc(C)c2[nH]ccc2c1CN1CCN(S(C)(=O)=O)CC1c1ccc(C(=O)O)cc1. The van der Waals surface area contributed by atoms with Crippen molar-refractivity contribution >= 4 is 26.9 Å². The molecule has 4 rings (SSSR count). The van der Waals surface area contributed by atoms with Crippen LogP contribution in [0.4, 0.5) is 0 Å². The number of methoxy groups -OCH3 is 1. The molecule has 2 N–H and O–H groups in total. The van der Waals surface area contributed by atoms with E-state index >= 15 is 0 Å². The van der Waals surface area contributed by atoms with E-state index in [2.05, 4.69) is 9.88 Å². The molecule has 0 bridgehead atoms. The van der Waals surface area contributed by atoms with Crippen LogP contribution in [0.3, 0.4) is 0 Å². The number of carboxylic acid groups (broad SMARTS) is 1. The summed E-state index contributed by atoms with van der Waals surface area (Å²) >= 11 is 0. The highest BCUT2D eigenvalue weighted by molar-refractivity contribution is 7.88. The predicted molar refractivity (Wildman–Crippen MR) is 123 cm³/mol. The number of aromatic amines is 1. The molecule has 2 heterocycles. The molecule has 0 saturated carbocycles. The molecular formula is C23H27N3O5S. The third-order valence-corrected chi connectivity index (χ3v) is 7.43. The highest BCUT2D eigenvalue weighted by atomic mass is 32.2. The van der Waals surface area contributed by atoms with Crippen LogP contribution in [-0.4, -0.2) is 66.7 Å². The Labute approximate surface area is 187 Å². The van der Waals surface area contributed by atoms with E-state index in [1.165, 1.54) is 10.6 Å². The maximum Gasteiger partial charge on any atom is 0.335 e.